The first-order chi connectivity index (χ1) is 16.5. The first-order valence-electron chi connectivity index (χ1n) is 12.3. The van der Waals surface area contributed by atoms with Gasteiger partial charge in [0.2, 0.25) is 5.91 Å². The van der Waals surface area contributed by atoms with E-state index in [1.807, 2.05) is 28.9 Å². The summed E-state index contributed by atoms with van der Waals surface area (Å²) in [6.45, 7) is 6.18. The molecule has 0 unspecified atom stereocenters. The summed E-state index contributed by atoms with van der Waals surface area (Å²) < 4.78 is 18.9. The zero-order valence-electron chi connectivity index (χ0n) is 19.7. The fourth-order valence-corrected chi connectivity index (χ4v) is 5.74. The molecule has 2 amide bonds. The summed E-state index contributed by atoms with van der Waals surface area (Å²) in [5.74, 6) is -0.107. The molecule has 3 saturated heterocycles. The molecule has 0 N–H and O–H groups in total. The molecule has 3 heterocycles. The van der Waals surface area contributed by atoms with Gasteiger partial charge in [0.25, 0.3) is 5.91 Å². The molecule has 2 aromatic carbocycles. The number of morpholine rings is 1. The highest BCUT2D eigenvalue weighted by Crippen LogP contribution is 2.34. The second-order valence-corrected chi connectivity index (χ2v) is 9.51. The number of ether oxygens (including phenoxy) is 1. The minimum Gasteiger partial charge on any atom is -0.378 e. The minimum absolute atomic E-state index is 0.00541. The van der Waals surface area contributed by atoms with Crippen LogP contribution in [0.25, 0.3) is 0 Å². The van der Waals surface area contributed by atoms with Crippen molar-refractivity contribution in [3.8, 4) is 0 Å². The predicted molar refractivity (Wildman–Crippen MR) is 128 cm³/mol. The van der Waals surface area contributed by atoms with Gasteiger partial charge in [-0.3, -0.25) is 9.59 Å². The Morgan fingerprint density at radius 1 is 1.03 bits per heavy atom. The molecule has 5 rings (SSSR count). The number of fused-ring (bicyclic) bond motifs is 1. The number of nitrogens with zero attached hydrogens (tertiary/aromatic N) is 3. The fraction of sp³-hybridized carbons (Fsp3) is 0.481. The molecule has 0 radical (unpaired) electrons. The summed E-state index contributed by atoms with van der Waals surface area (Å²) in [5.41, 5.74) is 3.75. The summed E-state index contributed by atoms with van der Waals surface area (Å²) >= 11 is 0. The fourth-order valence-electron chi connectivity index (χ4n) is 5.74. The highest BCUT2D eigenvalue weighted by atomic mass is 19.1. The van der Waals surface area contributed by atoms with E-state index in [0.29, 0.717) is 32.7 Å². The van der Waals surface area contributed by atoms with Crippen LogP contribution in [0.15, 0.2) is 42.5 Å². The van der Waals surface area contributed by atoms with Gasteiger partial charge in [0, 0.05) is 43.9 Å². The van der Waals surface area contributed by atoms with E-state index in [0.717, 1.165) is 54.7 Å². The second-order valence-electron chi connectivity index (χ2n) is 9.51. The van der Waals surface area contributed by atoms with E-state index < -0.39 is 0 Å². The largest absolute Gasteiger partial charge is 0.378 e. The van der Waals surface area contributed by atoms with Gasteiger partial charge in [0.1, 0.15) is 5.82 Å². The monoisotopic (exact) mass is 465 g/mol. The van der Waals surface area contributed by atoms with Gasteiger partial charge >= 0.3 is 0 Å². The number of hydrogen-bond donors (Lipinski definition) is 0. The lowest BCUT2D eigenvalue weighted by Crippen LogP contribution is -2.47. The van der Waals surface area contributed by atoms with E-state index in [9.17, 15) is 14.0 Å². The number of hydrogen-bond acceptors (Lipinski definition) is 4. The molecule has 3 aliphatic rings. The molecule has 34 heavy (non-hydrogen) atoms. The van der Waals surface area contributed by atoms with Gasteiger partial charge in [-0.05, 0) is 61.6 Å². The molecule has 7 heteroatoms. The number of benzene rings is 2. The highest BCUT2D eigenvalue weighted by molar-refractivity contribution is 5.97. The van der Waals surface area contributed by atoms with Crippen LogP contribution >= 0.6 is 0 Å². The zero-order chi connectivity index (χ0) is 23.7. The van der Waals surface area contributed by atoms with Crippen LogP contribution in [0.5, 0.6) is 0 Å². The highest BCUT2D eigenvalue weighted by Gasteiger charge is 2.43. The maximum atomic E-state index is 13.8. The van der Waals surface area contributed by atoms with E-state index in [1.165, 1.54) is 12.1 Å². The van der Waals surface area contributed by atoms with Crippen molar-refractivity contribution in [3.63, 3.8) is 0 Å². The van der Waals surface area contributed by atoms with Crippen molar-refractivity contribution in [3.05, 3.63) is 65.0 Å². The molecule has 2 atom stereocenters. The Balaban J connectivity index is 1.38. The Morgan fingerprint density at radius 2 is 1.79 bits per heavy atom. The number of anilines is 1. The van der Waals surface area contributed by atoms with E-state index in [1.54, 1.807) is 12.1 Å². The van der Waals surface area contributed by atoms with Crippen molar-refractivity contribution >= 4 is 17.5 Å². The molecule has 0 bridgehead atoms. The number of halogens is 1. The summed E-state index contributed by atoms with van der Waals surface area (Å²) in [7, 11) is 0. The van der Waals surface area contributed by atoms with Crippen LogP contribution in [0.4, 0.5) is 10.1 Å². The number of rotatable bonds is 4. The zero-order valence-corrected chi connectivity index (χ0v) is 19.7. The SMILES string of the molecule is Cc1c(C(=O)N2CC[C@H]3[C@@H]2CCCC(=O)N3Cc2ccc(F)cc2)cccc1N1CCOCC1. The van der Waals surface area contributed by atoms with E-state index in [-0.39, 0.29) is 29.7 Å². The third kappa shape index (κ3) is 4.41. The van der Waals surface area contributed by atoms with Crippen molar-refractivity contribution in [2.75, 3.05) is 37.7 Å². The van der Waals surface area contributed by atoms with Crippen LogP contribution in [0.2, 0.25) is 0 Å². The molecule has 3 aliphatic heterocycles. The van der Waals surface area contributed by atoms with Crippen molar-refractivity contribution in [1.29, 1.82) is 0 Å². The molecule has 0 aliphatic carbocycles. The normalized spacial score (nSPS) is 23.1. The average molecular weight is 466 g/mol. The van der Waals surface area contributed by atoms with Crippen LogP contribution in [0, 0.1) is 12.7 Å². The lowest BCUT2D eigenvalue weighted by atomic mass is 10.0. The minimum atomic E-state index is -0.281. The third-order valence-corrected chi connectivity index (χ3v) is 7.54. The van der Waals surface area contributed by atoms with E-state index in [2.05, 4.69) is 11.0 Å². The summed E-state index contributed by atoms with van der Waals surface area (Å²) in [4.78, 5) is 33.0. The summed E-state index contributed by atoms with van der Waals surface area (Å²) in [6.07, 6.45) is 2.86. The van der Waals surface area contributed by atoms with Gasteiger partial charge in [-0.1, -0.05) is 18.2 Å². The van der Waals surface area contributed by atoms with Gasteiger partial charge in [0.05, 0.1) is 25.3 Å². The standard InChI is InChI=1S/C27H32FN3O3/c1-19-22(4-2-5-23(19)29-14-16-34-17-15-29)27(33)30-13-12-25-24(30)6-3-7-26(32)31(25)18-20-8-10-21(28)11-9-20/h2,4-5,8-11,24-25H,3,6-7,12-18H2,1H3/t24-,25-/m0/s1. The van der Waals surface area contributed by atoms with Crippen LogP contribution < -0.4 is 4.90 Å². The maximum Gasteiger partial charge on any atom is 0.254 e. The average Bonchev–Trinajstić information content (AvgIpc) is 3.20. The van der Waals surface area contributed by atoms with E-state index in [4.69, 9.17) is 4.74 Å². The Kier molecular flexibility index (Phi) is 6.55. The first kappa shape index (κ1) is 22.8. The predicted octanol–water partition coefficient (Wildman–Crippen LogP) is 3.77. The van der Waals surface area contributed by atoms with Crippen molar-refractivity contribution in [2.45, 2.75) is 51.2 Å². The quantitative estimate of drug-likeness (QED) is 0.690. The van der Waals surface area contributed by atoms with Crippen LogP contribution in [-0.4, -0.2) is 66.5 Å². The Bertz CT molecular complexity index is 1050. The smallest absolute Gasteiger partial charge is 0.254 e. The molecule has 3 fully saturated rings. The molecule has 6 nitrogen and oxygen atoms in total. The summed E-state index contributed by atoms with van der Waals surface area (Å²) in [6, 6.07) is 12.3. The van der Waals surface area contributed by atoms with Gasteiger partial charge in [-0.15, -0.1) is 0 Å². The number of carbonyl (C=O) groups excluding carboxylic acids is 2. The van der Waals surface area contributed by atoms with Gasteiger partial charge in [-0.2, -0.15) is 0 Å². The van der Waals surface area contributed by atoms with Crippen LogP contribution in [0.1, 0.15) is 47.2 Å². The lowest BCUT2D eigenvalue weighted by molar-refractivity contribution is -0.133. The Morgan fingerprint density at radius 3 is 2.56 bits per heavy atom. The maximum absolute atomic E-state index is 13.8. The second kappa shape index (κ2) is 9.74. The van der Waals surface area contributed by atoms with Crippen molar-refractivity contribution < 1.29 is 18.7 Å². The molecule has 0 spiro atoms. The summed E-state index contributed by atoms with van der Waals surface area (Å²) in [5, 5.41) is 0. The van der Waals surface area contributed by atoms with Crippen molar-refractivity contribution in [1.82, 2.24) is 9.80 Å². The third-order valence-electron chi connectivity index (χ3n) is 7.54. The molecule has 2 aromatic rings. The lowest BCUT2D eigenvalue weighted by Gasteiger charge is -2.34. The van der Waals surface area contributed by atoms with E-state index >= 15 is 0 Å². The molecule has 0 saturated carbocycles. The number of amides is 2. The molecule has 180 valence electrons. The van der Waals surface area contributed by atoms with Gasteiger partial charge < -0.3 is 19.4 Å². The number of likely N-dealkylation sites (tertiary alicyclic amines) is 2. The molecular weight excluding hydrogens is 433 g/mol. The Labute approximate surface area is 200 Å². The topological polar surface area (TPSA) is 53.1 Å². The molecule has 0 aromatic heterocycles. The van der Waals surface area contributed by atoms with Crippen molar-refractivity contribution in [2.24, 2.45) is 0 Å². The first-order valence-corrected chi connectivity index (χ1v) is 12.3. The Hall–Kier alpha value is -2.93. The van der Waals surface area contributed by atoms with Gasteiger partial charge in [0.15, 0.2) is 0 Å². The van der Waals surface area contributed by atoms with Gasteiger partial charge in [-0.25, -0.2) is 4.39 Å². The van der Waals surface area contributed by atoms with Crippen LogP contribution in [0.3, 0.4) is 0 Å². The van der Waals surface area contributed by atoms with Crippen LogP contribution in [-0.2, 0) is 16.1 Å². The molecular formula is C27H32FN3O3. The number of carbonyl (C=O) groups is 2.